The van der Waals surface area contributed by atoms with Gasteiger partial charge in [0.15, 0.2) is 0 Å². The Hall–Kier alpha value is -0.340. The van der Waals surface area contributed by atoms with Gasteiger partial charge in [-0.25, -0.2) is 0 Å². The summed E-state index contributed by atoms with van der Waals surface area (Å²) in [4.78, 5) is 0. The number of aliphatic hydroxyl groups excluding tert-OH is 1. The van der Waals surface area contributed by atoms with E-state index < -0.39 is 0 Å². The van der Waals surface area contributed by atoms with Crippen molar-refractivity contribution >= 4 is 0 Å². The van der Waals surface area contributed by atoms with Gasteiger partial charge in [0.1, 0.15) is 6.10 Å². The van der Waals surface area contributed by atoms with Gasteiger partial charge in [0.25, 0.3) is 0 Å². The Morgan fingerprint density at radius 3 is 1.95 bits per heavy atom. The molecule has 0 aromatic carbocycles. The maximum atomic E-state index is 9.84. The van der Waals surface area contributed by atoms with Gasteiger partial charge in [-0.3, -0.25) is 0 Å². The predicted molar refractivity (Wildman–Crippen MR) is 90.6 cm³/mol. The zero-order valence-corrected chi connectivity index (χ0v) is 14.3. The van der Waals surface area contributed by atoms with Crippen LogP contribution in [0, 0.1) is 0 Å². The molecular weight excluding hydrogens is 260 g/mol. The molecule has 124 valence electrons. The minimum absolute atomic E-state index is 0.0198. The molecule has 2 unspecified atom stereocenters. The van der Waals surface area contributed by atoms with Crippen LogP contribution in [0.4, 0.5) is 0 Å². The van der Waals surface area contributed by atoms with Crippen molar-refractivity contribution in [1.82, 2.24) is 0 Å². The van der Waals surface area contributed by atoms with Gasteiger partial charge in [-0.15, -0.1) is 0 Å². The second-order valence-electron chi connectivity index (χ2n) is 6.56. The summed E-state index contributed by atoms with van der Waals surface area (Å²) in [5.41, 5.74) is 1.09. The quantitative estimate of drug-likeness (QED) is 0.386. The van der Waals surface area contributed by atoms with E-state index in [0.29, 0.717) is 6.61 Å². The summed E-state index contributed by atoms with van der Waals surface area (Å²) in [5, 5.41) is 9.84. The highest BCUT2D eigenvalue weighted by molar-refractivity contribution is 5.14. The minimum atomic E-state index is -0.363. The number of allylic oxidation sites excluding steroid dienone is 1. The largest absolute Gasteiger partial charge is 0.386 e. The van der Waals surface area contributed by atoms with Gasteiger partial charge in [0.05, 0.1) is 12.7 Å². The molecule has 0 amide bonds. The first kappa shape index (κ1) is 18.7. The van der Waals surface area contributed by atoms with Gasteiger partial charge in [-0.05, 0) is 25.3 Å². The number of unbranched alkanes of at least 4 members (excludes halogenated alkanes) is 11. The van der Waals surface area contributed by atoms with E-state index in [1.165, 1.54) is 70.6 Å². The maximum Gasteiger partial charge on any atom is 0.103 e. The van der Waals surface area contributed by atoms with E-state index in [4.69, 9.17) is 4.74 Å². The fourth-order valence-corrected chi connectivity index (χ4v) is 2.98. The first-order valence-corrected chi connectivity index (χ1v) is 9.24. The van der Waals surface area contributed by atoms with Crippen LogP contribution in [0.3, 0.4) is 0 Å². The van der Waals surface area contributed by atoms with Crippen LogP contribution in [0.25, 0.3) is 0 Å². The summed E-state index contributed by atoms with van der Waals surface area (Å²) in [6, 6.07) is 0. The highest BCUT2D eigenvalue weighted by Gasteiger charge is 2.26. The van der Waals surface area contributed by atoms with Crippen LogP contribution in [0.15, 0.2) is 11.6 Å². The second-order valence-corrected chi connectivity index (χ2v) is 6.56. The van der Waals surface area contributed by atoms with Crippen molar-refractivity contribution in [3.8, 4) is 0 Å². The van der Waals surface area contributed by atoms with E-state index in [0.717, 1.165) is 12.0 Å². The van der Waals surface area contributed by atoms with Crippen molar-refractivity contribution in [2.75, 3.05) is 6.61 Å². The molecule has 1 aliphatic rings. The fraction of sp³-hybridized carbons (Fsp3) is 0.895. The first-order valence-electron chi connectivity index (χ1n) is 9.24. The summed E-state index contributed by atoms with van der Waals surface area (Å²) in [6.45, 7) is 4.84. The minimum Gasteiger partial charge on any atom is -0.386 e. The molecule has 1 saturated heterocycles. The van der Waals surface area contributed by atoms with Gasteiger partial charge in [-0.2, -0.15) is 0 Å². The van der Waals surface area contributed by atoms with E-state index in [9.17, 15) is 5.11 Å². The molecule has 2 atom stereocenters. The van der Waals surface area contributed by atoms with Crippen molar-refractivity contribution in [1.29, 1.82) is 0 Å². The Labute approximate surface area is 132 Å². The molecule has 0 radical (unpaired) electrons. The fourth-order valence-electron chi connectivity index (χ4n) is 2.98. The van der Waals surface area contributed by atoms with Crippen LogP contribution in [0.2, 0.25) is 0 Å². The average molecular weight is 296 g/mol. The van der Waals surface area contributed by atoms with Crippen LogP contribution < -0.4 is 0 Å². The molecular formula is C19H36O2. The summed E-state index contributed by atoms with van der Waals surface area (Å²) in [5.74, 6) is 0. The highest BCUT2D eigenvalue weighted by atomic mass is 16.5. The Balaban J connectivity index is 1.84. The number of aliphatic hydroxyl groups is 1. The molecule has 0 aromatic rings. The van der Waals surface area contributed by atoms with Gasteiger partial charge in [0.2, 0.25) is 0 Å². The lowest BCUT2D eigenvalue weighted by Gasteiger charge is -2.06. The van der Waals surface area contributed by atoms with Crippen molar-refractivity contribution in [3.63, 3.8) is 0 Å². The van der Waals surface area contributed by atoms with E-state index in [2.05, 4.69) is 13.0 Å². The third-order valence-corrected chi connectivity index (χ3v) is 4.55. The van der Waals surface area contributed by atoms with Crippen molar-refractivity contribution in [2.24, 2.45) is 0 Å². The normalized spacial score (nSPS) is 24.0. The molecule has 0 bridgehead atoms. The first-order chi connectivity index (χ1) is 10.3. The van der Waals surface area contributed by atoms with E-state index in [1.54, 1.807) is 0 Å². The molecule has 1 aliphatic heterocycles. The third-order valence-electron chi connectivity index (χ3n) is 4.55. The lowest BCUT2D eigenvalue weighted by molar-refractivity contribution is 0.0575. The van der Waals surface area contributed by atoms with Gasteiger partial charge in [-0.1, -0.05) is 77.2 Å². The SMILES string of the molecule is CCCCCCCCCCCCCC=C1COC(C)C1O. The topological polar surface area (TPSA) is 29.5 Å². The maximum absolute atomic E-state index is 9.84. The molecule has 0 aromatic heterocycles. The van der Waals surface area contributed by atoms with Gasteiger partial charge < -0.3 is 9.84 Å². The Bertz CT molecular complexity index is 273. The monoisotopic (exact) mass is 296 g/mol. The van der Waals surface area contributed by atoms with E-state index in [-0.39, 0.29) is 12.2 Å². The Morgan fingerprint density at radius 2 is 1.48 bits per heavy atom. The van der Waals surface area contributed by atoms with Gasteiger partial charge in [0, 0.05) is 0 Å². The number of hydrogen-bond acceptors (Lipinski definition) is 2. The lowest BCUT2D eigenvalue weighted by Crippen LogP contribution is -2.17. The molecule has 1 fully saturated rings. The van der Waals surface area contributed by atoms with Crippen LogP contribution in [-0.4, -0.2) is 23.9 Å². The van der Waals surface area contributed by atoms with Crippen molar-refractivity contribution in [3.05, 3.63) is 11.6 Å². The molecule has 1 rings (SSSR count). The standard InChI is InChI=1S/C19H36O2/c1-3-4-5-6-7-8-9-10-11-12-13-14-15-18-16-21-17(2)19(18)20/h15,17,19-20H,3-14,16H2,1-2H3. The van der Waals surface area contributed by atoms with E-state index in [1.807, 2.05) is 6.92 Å². The molecule has 2 heteroatoms. The second kappa shape index (κ2) is 12.2. The lowest BCUT2D eigenvalue weighted by atomic mass is 10.0. The van der Waals surface area contributed by atoms with E-state index >= 15 is 0 Å². The van der Waals surface area contributed by atoms with Crippen LogP contribution >= 0.6 is 0 Å². The molecule has 2 nitrogen and oxygen atoms in total. The van der Waals surface area contributed by atoms with Gasteiger partial charge >= 0.3 is 0 Å². The predicted octanol–water partition coefficient (Wildman–Crippen LogP) is 5.39. The summed E-state index contributed by atoms with van der Waals surface area (Å²) < 4.78 is 5.42. The number of hydrogen-bond donors (Lipinski definition) is 1. The van der Waals surface area contributed by atoms with Crippen LogP contribution in [0.1, 0.15) is 90.9 Å². The highest BCUT2D eigenvalue weighted by Crippen LogP contribution is 2.20. The van der Waals surface area contributed by atoms with Crippen molar-refractivity contribution in [2.45, 2.75) is 103 Å². The number of ether oxygens (including phenoxy) is 1. The zero-order chi connectivity index (χ0) is 15.3. The van der Waals surface area contributed by atoms with Crippen molar-refractivity contribution < 1.29 is 9.84 Å². The van der Waals surface area contributed by atoms with Crippen LogP contribution in [-0.2, 0) is 4.74 Å². The summed E-state index contributed by atoms with van der Waals surface area (Å²) >= 11 is 0. The molecule has 21 heavy (non-hydrogen) atoms. The van der Waals surface area contributed by atoms with Crippen LogP contribution in [0.5, 0.6) is 0 Å². The molecule has 0 spiro atoms. The average Bonchev–Trinajstić information content (AvgIpc) is 2.80. The molecule has 0 aliphatic carbocycles. The zero-order valence-electron chi connectivity index (χ0n) is 14.3. The summed E-state index contributed by atoms with van der Waals surface area (Å²) in [6.07, 6.45) is 18.1. The number of rotatable bonds is 12. The Kier molecular flexibility index (Phi) is 10.9. The smallest absolute Gasteiger partial charge is 0.103 e. The molecule has 0 saturated carbocycles. The summed E-state index contributed by atoms with van der Waals surface area (Å²) in [7, 11) is 0. The third kappa shape index (κ3) is 8.63. The Morgan fingerprint density at radius 1 is 0.952 bits per heavy atom. The molecule has 1 N–H and O–H groups in total. The molecule has 1 heterocycles.